The second-order valence-electron chi connectivity index (χ2n) is 3.55. The Hall–Kier alpha value is -2.04. The van der Waals surface area contributed by atoms with Crippen LogP contribution in [0.25, 0.3) is 0 Å². The first-order valence-electron chi connectivity index (χ1n) is 5.03. The average molecular weight is 214 g/mol. The van der Waals surface area contributed by atoms with Crippen molar-refractivity contribution in [3.63, 3.8) is 0 Å². The van der Waals surface area contributed by atoms with Crippen molar-refractivity contribution in [2.45, 2.75) is 13.0 Å². The Morgan fingerprint density at radius 3 is 2.06 bits per heavy atom. The molecule has 0 unspecified atom stereocenters. The van der Waals surface area contributed by atoms with Crippen LogP contribution in [0, 0.1) is 22.7 Å². The highest BCUT2D eigenvalue weighted by molar-refractivity contribution is 5.49. The summed E-state index contributed by atoms with van der Waals surface area (Å²) in [5.74, 6) is 0. The van der Waals surface area contributed by atoms with E-state index in [0.29, 0.717) is 0 Å². The molecule has 0 heterocycles. The van der Waals surface area contributed by atoms with Gasteiger partial charge in [0.1, 0.15) is 13.1 Å². The van der Waals surface area contributed by atoms with E-state index in [-0.39, 0.29) is 19.1 Å². The van der Waals surface area contributed by atoms with Gasteiger partial charge in [0.25, 0.3) is 0 Å². The van der Waals surface area contributed by atoms with Crippen LogP contribution in [-0.4, -0.2) is 13.1 Å². The molecule has 0 aliphatic rings. The Morgan fingerprint density at radius 1 is 1.19 bits per heavy atom. The van der Waals surface area contributed by atoms with E-state index < -0.39 is 0 Å². The standard InChI is InChI=1S/C12H14N4/c1-10(15)11-2-4-12(5-3-11)16(8-6-13)9-7-14/h2-5,10H,8-9,15H2,1H3/t10-/m1/s1. The minimum absolute atomic E-state index is 0.00515. The summed E-state index contributed by atoms with van der Waals surface area (Å²) in [6.45, 7) is 2.34. The van der Waals surface area contributed by atoms with Gasteiger partial charge < -0.3 is 10.6 Å². The summed E-state index contributed by atoms with van der Waals surface area (Å²) in [5, 5.41) is 17.3. The van der Waals surface area contributed by atoms with Gasteiger partial charge in [-0.3, -0.25) is 0 Å². The number of rotatable bonds is 4. The van der Waals surface area contributed by atoms with Crippen LogP contribution >= 0.6 is 0 Å². The zero-order chi connectivity index (χ0) is 12.0. The summed E-state index contributed by atoms with van der Waals surface area (Å²) in [6.07, 6.45) is 0. The number of hydrogen-bond donors (Lipinski definition) is 1. The lowest BCUT2D eigenvalue weighted by molar-refractivity contribution is 0.817. The van der Waals surface area contributed by atoms with Crippen molar-refractivity contribution in [2.24, 2.45) is 5.73 Å². The van der Waals surface area contributed by atoms with Crippen LogP contribution in [0.3, 0.4) is 0 Å². The minimum atomic E-state index is -0.00515. The average Bonchev–Trinajstić information content (AvgIpc) is 2.29. The molecule has 4 nitrogen and oxygen atoms in total. The predicted octanol–water partition coefficient (Wildman–Crippen LogP) is 1.56. The smallest absolute Gasteiger partial charge is 0.106 e. The van der Waals surface area contributed by atoms with Gasteiger partial charge in [-0.2, -0.15) is 10.5 Å². The van der Waals surface area contributed by atoms with Crippen LogP contribution in [0.1, 0.15) is 18.5 Å². The van der Waals surface area contributed by atoms with Crippen LogP contribution in [0.4, 0.5) is 5.69 Å². The minimum Gasteiger partial charge on any atom is -0.345 e. The molecule has 4 heteroatoms. The van der Waals surface area contributed by atoms with E-state index >= 15 is 0 Å². The van der Waals surface area contributed by atoms with Crippen molar-refractivity contribution < 1.29 is 0 Å². The molecule has 2 N–H and O–H groups in total. The third kappa shape index (κ3) is 2.98. The summed E-state index contributed by atoms with van der Waals surface area (Å²) >= 11 is 0. The lowest BCUT2D eigenvalue weighted by atomic mass is 10.1. The molecule has 0 spiro atoms. The lowest BCUT2D eigenvalue weighted by Gasteiger charge is -2.18. The molecule has 0 amide bonds. The van der Waals surface area contributed by atoms with Crippen molar-refractivity contribution in [3.8, 4) is 12.1 Å². The summed E-state index contributed by atoms with van der Waals surface area (Å²) in [6, 6.07) is 11.7. The van der Waals surface area contributed by atoms with Gasteiger partial charge in [-0.05, 0) is 24.6 Å². The van der Waals surface area contributed by atoms with E-state index in [4.69, 9.17) is 16.3 Å². The largest absolute Gasteiger partial charge is 0.345 e. The Kier molecular flexibility index (Phi) is 4.32. The van der Waals surface area contributed by atoms with Crippen LogP contribution in [-0.2, 0) is 0 Å². The molecular formula is C12H14N4. The van der Waals surface area contributed by atoms with E-state index in [1.54, 1.807) is 4.90 Å². The second-order valence-corrected chi connectivity index (χ2v) is 3.55. The topological polar surface area (TPSA) is 76.8 Å². The van der Waals surface area contributed by atoms with Gasteiger partial charge in [0.05, 0.1) is 12.1 Å². The summed E-state index contributed by atoms with van der Waals surface area (Å²) in [5.41, 5.74) is 7.65. The van der Waals surface area contributed by atoms with Crippen molar-refractivity contribution in [1.82, 2.24) is 0 Å². The Morgan fingerprint density at radius 2 is 1.69 bits per heavy atom. The first-order chi connectivity index (χ1) is 7.69. The second kappa shape index (κ2) is 5.75. The SMILES string of the molecule is C[C@@H](N)c1ccc(N(CC#N)CC#N)cc1. The maximum atomic E-state index is 8.65. The van der Waals surface area contributed by atoms with E-state index in [1.165, 1.54) is 0 Å². The first-order valence-corrected chi connectivity index (χ1v) is 5.03. The van der Waals surface area contributed by atoms with Gasteiger partial charge in [-0.15, -0.1) is 0 Å². The molecule has 0 saturated heterocycles. The van der Waals surface area contributed by atoms with Crippen molar-refractivity contribution in [2.75, 3.05) is 18.0 Å². The number of hydrogen-bond acceptors (Lipinski definition) is 4. The first kappa shape index (κ1) is 12.0. The van der Waals surface area contributed by atoms with Gasteiger partial charge in [0, 0.05) is 11.7 Å². The molecule has 0 aromatic heterocycles. The van der Waals surface area contributed by atoms with E-state index in [1.807, 2.05) is 43.3 Å². The van der Waals surface area contributed by atoms with Gasteiger partial charge in [0.2, 0.25) is 0 Å². The highest BCUT2D eigenvalue weighted by Gasteiger charge is 2.06. The van der Waals surface area contributed by atoms with E-state index in [0.717, 1.165) is 11.3 Å². The third-order valence-corrected chi connectivity index (χ3v) is 2.31. The molecule has 1 rings (SSSR count). The van der Waals surface area contributed by atoms with Crippen molar-refractivity contribution in [3.05, 3.63) is 29.8 Å². The zero-order valence-corrected chi connectivity index (χ0v) is 9.22. The van der Waals surface area contributed by atoms with Crippen LogP contribution in [0.15, 0.2) is 24.3 Å². The fraction of sp³-hybridized carbons (Fsp3) is 0.333. The molecule has 1 aromatic rings. The Labute approximate surface area is 95.5 Å². The fourth-order valence-corrected chi connectivity index (χ4v) is 1.40. The molecule has 82 valence electrons. The van der Waals surface area contributed by atoms with Crippen molar-refractivity contribution in [1.29, 1.82) is 10.5 Å². The van der Waals surface area contributed by atoms with Crippen LogP contribution < -0.4 is 10.6 Å². The maximum absolute atomic E-state index is 8.65. The molecule has 1 atom stereocenters. The third-order valence-electron chi connectivity index (χ3n) is 2.31. The molecular weight excluding hydrogens is 200 g/mol. The summed E-state index contributed by atoms with van der Waals surface area (Å²) < 4.78 is 0. The number of nitrogens with zero attached hydrogens (tertiary/aromatic N) is 3. The van der Waals surface area contributed by atoms with Gasteiger partial charge >= 0.3 is 0 Å². The molecule has 0 bridgehead atoms. The molecule has 0 aliphatic heterocycles. The molecule has 1 aromatic carbocycles. The molecule has 0 fully saturated rings. The lowest BCUT2D eigenvalue weighted by Crippen LogP contribution is -2.23. The molecule has 0 aliphatic carbocycles. The normalized spacial score (nSPS) is 11.2. The Bertz CT molecular complexity index is 392. The molecule has 0 radical (unpaired) electrons. The number of nitrogens with two attached hydrogens (primary N) is 1. The van der Waals surface area contributed by atoms with Crippen molar-refractivity contribution >= 4 is 5.69 Å². The zero-order valence-electron chi connectivity index (χ0n) is 9.22. The summed E-state index contributed by atoms with van der Waals surface area (Å²) in [4.78, 5) is 1.71. The van der Waals surface area contributed by atoms with Gasteiger partial charge in [-0.1, -0.05) is 12.1 Å². The van der Waals surface area contributed by atoms with Crippen LogP contribution in [0.2, 0.25) is 0 Å². The monoisotopic (exact) mass is 214 g/mol. The quantitative estimate of drug-likeness (QED) is 0.771. The molecule has 0 saturated carbocycles. The predicted molar refractivity (Wildman–Crippen MR) is 62.5 cm³/mol. The highest BCUT2D eigenvalue weighted by Crippen LogP contribution is 2.17. The summed E-state index contributed by atoms with van der Waals surface area (Å²) in [7, 11) is 0. The van der Waals surface area contributed by atoms with E-state index in [2.05, 4.69) is 0 Å². The highest BCUT2D eigenvalue weighted by atomic mass is 15.1. The fourth-order valence-electron chi connectivity index (χ4n) is 1.40. The molecule has 16 heavy (non-hydrogen) atoms. The number of anilines is 1. The Balaban J connectivity index is 2.86. The number of benzene rings is 1. The maximum Gasteiger partial charge on any atom is 0.106 e. The number of nitriles is 2. The van der Waals surface area contributed by atoms with Gasteiger partial charge in [0.15, 0.2) is 0 Å². The van der Waals surface area contributed by atoms with Crippen LogP contribution in [0.5, 0.6) is 0 Å². The van der Waals surface area contributed by atoms with E-state index in [9.17, 15) is 0 Å². The van der Waals surface area contributed by atoms with Gasteiger partial charge in [-0.25, -0.2) is 0 Å².